The monoisotopic (exact) mass is 342 g/mol. The Labute approximate surface area is 124 Å². The lowest BCUT2D eigenvalue weighted by atomic mass is 10.1. The normalized spacial score (nSPS) is 12.4. The van der Waals surface area contributed by atoms with Crippen LogP contribution in [0.5, 0.6) is 0 Å². The summed E-state index contributed by atoms with van der Waals surface area (Å²) in [4.78, 5) is 16.1. The second-order valence-electron chi connectivity index (χ2n) is 4.39. The maximum absolute atomic E-state index is 12.0. The molecule has 2 aromatic heterocycles. The van der Waals surface area contributed by atoms with Crippen LogP contribution in [0, 0.1) is 19.8 Å². The predicted molar refractivity (Wildman–Crippen MR) is 79.3 cm³/mol. The van der Waals surface area contributed by atoms with Crippen LogP contribution in [0.15, 0.2) is 16.0 Å². The summed E-state index contributed by atoms with van der Waals surface area (Å²) in [7, 11) is 0. The molecule has 0 saturated carbocycles. The fraction of sp³-hybridized carbons (Fsp3) is 0.417. The number of hydrogen-bond donors (Lipinski definition) is 1. The van der Waals surface area contributed by atoms with E-state index in [9.17, 15) is 4.79 Å². The third-order valence-corrected chi connectivity index (χ3v) is 4.69. The van der Waals surface area contributed by atoms with Crippen molar-refractivity contribution in [3.8, 4) is 0 Å². The Balaban J connectivity index is 2.02. The Morgan fingerprint density at radius 3 is 2.84 bits per heavy atom. The smallest absolute Gasteiger partial charge is 0.230 e. The molecule has 0 unspecified atom stereocenters. The third kappa shape index (κ3) is 3.22. The molecule has 0 fully saturated rings. The molecule has 2 aromatic rings. The Morgan fingerprint density at radius 2 is 2.32 bits per heavy atom. The third-order valence-electron chi connectivity index (χ3n) is 2.85. The van der Waals surface area contributed by atoms with Crippen molar-refractivity contribution in [2.24, 2.45) is 5.92 Å². The molecule has 0 aliphatic carbocycles. The Bertz CT molecular complexity index is 579. The highest BCUT2D eigenvalue weighted by molar-refractivity contribution is 9.10. The van der Waals surface area contributed by atoms with E-state index in [0.29, 0.717) is 11.7 Å². The van der Waals surface area contributed by atoms with Crippen LogP contribution in [0.4, 0.5) is 5.13 Å². The van der Waals surface area contributed by atoms with Gasteiger partial charge in [-0.05, 0) is 29.8 Å². The summed E-state index contributed by atoms with van der Waals surface area (Å²) in [5, 5.41) is 9.67. The molecule has 19 heavy (non-hydrogen) atoms. The number of aryl methyl sites for hydroxylation is 1. The minimum Gasteiger partial charge on any atom is -0.302 e. The number of aromatic nitrogens is 3. The number of hydrogen-bond acceptors (Lipinski definition) is 4. The maximum Gasteiger partial charge on any atom is 0.230 e. The zero-order valence-corrected chi connectivity index (χ0v) is 13.4. The number of carbonyl (C=O) groups excluding carboxylic acids is 1. The van der Waals surface area contributed by atoms with E-state index in [1.165, 1.54) is 11.3 Å². The lowest BCUT2D eigenvalue weighted by Gasteiger charge is -2.12. The van der Waals surface area contributed by atoms with Crippen molar-refractivity contribution < 1.29 is 4.79 Å². The predicted octanol–water partition coefficient (Wildman–Crippen LogP) is 2.99. The van der Waals surface area contributed by atoms with Gasteiger partial charge in [-0.3, -0.25) is 9.48 Å². The molecule has 1 amide bonds. The van der Waals surface area contributed by atoms with Gasteiger partial charge >= 0.3 is 0 Å². The number of nitrogens with zero attached hydrogens (tertiary/aromatic N) is 3. The van der Waals surface area contributed by atoms with Crippen LogP contribution in [0.3, 0.4) is 0 Å². The second kappa shape index (κ2) is 5.83. The van der Waals surface area contributed by atoms with Crippen molar-refractivity contribution >= 4 is 38.3 Å². The molecule has 5 nitrogen and oxygen atoms in total. The van der Waals surface area contributed by atoms with Gasteiger partial charge in [-0.25, -0.2) is 4.98 Å². The van der Waals surface area contributed by atoms with Crippen molar-refractivity contribution in [2.45, 2.75) is 27.3 Å². The molecule has 2 rings (SSSR count). The first-order valence-electron chi connectivity index (χ1n) is 5.89. The quantitative estimate of drug-likeness (QED) is 0.928. The van der Waals surface area contributed by atoms with E-state index in [4.69, 9.17) is 0 Å². The first kappa shape index (κ1) is 14.2. The zero-order valence-electron chi connectivity index (χ0n) is 11.0. The van der Waals surface area contributed by atoms with Crippen LogP contribution in [-0.2, 0) is 11.3 Å². The van der Waals surface area contributed by atoms with E-state index in [1.807, 2.05) is 30.8 Å². The number of carbonyl (C=O) groups is 1. The number of amides is 1. The van der Waals surface area contributed by atoms with Crippen LogP contribution in [0.1, 0.15) is 18.3 Å². The summed E-state index contributed by atoms with van der Waals surface area (Å²) in [6, 6.07) is 0. The Morgan fingerprint density at radius 1 is 1.58 bits per heavy atom. The summed E-state index contributed by atoms with van der Waals surface area (Å²) >= 11 is 4.89. The second-order valence-corrected chi connectivity index (χ2v) is 6.08. The van der Waals surface area contributed by atoms with Gasteiger partial charge in [0.1, 0.15) is 0 Å². The van der Waals surface area contributed by atoms with Crippen molar-refractivity contribution in [3.63, 3.8) is 0 Å². The average molecular weight is 343 g/mol. The van der Waals surface area contributed by atoms with E-state index in [-0.39, 0.29) is 11.8 Å². The summed E-state index contributed by atoms with van der Waals surface area (Å²) in [5.74, 6) is -0.215. The van der Waals surface area contributed by atoms with Crippen LogP contribution in [0.2, 0.25) is 0 Å². The summed E-state index contributed by atoms with van der Waals surface area (Å²) < 4.78 is 2.85. The lowest BCUT2D eigenvalue weighted by molar-refractivity contribution is -0.119. The van der Waals surface area contributed by atoms with Crippen LogP contribution < -0.4 is 5.32 Å². The highest BCUT2D eigenvalue weighted by atomic mass is 79.9. The molecule has 7 heteroatoms. The lowest BCUT2D eigenvalue weighted by Crippen LogP contribution is -2.25. The fourth-order valence-electron chi connectivity index (χ4n) is 1.71. The molecule has 1 N–H and O–H groups in total. The van der Waals surface area contributed by atoms with E-state index in [2.05, 4.69) is 31.3 Å². The SMILES string of the molecule is Cc1nn(C[C@H](C)C(=O)Nc2nccs2)c(C)c1Br. The molecule has 102 valence electrons. The molecule has 0 aliphatic rings. The van der Waals surface area contributed by atoms with Gasteiger partial charge < -0.3 is 5.32 Å². The molecule has 2 heterocycles. The zero-order chi connectivity index (χ0) is 14.0. The Hall–Kier alpha value is -1.21. The molecule has 0 aromatic carbocycles. The van der Waals surface area contributed by atoms with Crippen LogP contribution in [-0.4, -0.2) is 20.7 Å². The molecule has 0 aliphatic heterocycles. The summed E-state index contributed by atoms with van der Waals surface area (Å²) in [6.07, 6.45) is 1.67. The number of rotatable bonds is 4. The summed E-state index contributed by atoms with van der Waals surface area (Å²) in [6.45, 7) is 6.35. The van der Waals surface area contributed by atoms with Crippen molar-refractivity contribution in [1.29, 1.82) is 0 Å². The number of anilines is 1. The van der Waals surface area contributed by atoms with Gasteiger partial charge in [0.2, 0.25) is 5.91 Å². The molecular formula is C12H15BrN4OS. The Kier molecular flexibility index (Phi) is 4.36. The van der Waals surface area contributed by atoms with Crippen molar-refractivity contribution in [1.82, 2.24) is 14.8 Å². The number of thiazole rings is 1. The molecular weight excluding hydrogens is 328 g/mol. The van der Waals surface area contributed by atoms with Gasteiger partial charge in [0, 0.05) is 17.3 Å². The molecule has 0 bridgehead atoms. The van der Waals surface area contributed by atoms with Crippen molar-refractivity contribution in [3.05, 3.63) is 27.4 Å². The van der Waals surface area contributed by atoms with Crippen LogP contribution >= 0.6 is 27.3 Å². The molecule has 0 radical (unpaired) electrons. The number of nitrogens with one attached hydrogen (secondary N) is 1. The highest BCUT2D eigenvalue weighted by Gasteiger charge is 2.17. The van der Waals surface area contributed by atoms with Crippen molar-refractivity contribution in [2.75, 3.05) is 5.32 Å². The first-order valence-corrected chi connectivity index (χ1v) is 7.56. The van der Waals surface area contributed by atoms with E-state index >= 15 is 0 Å². The van der Waals surface area contributed by atoms with Gasteiger partial charge in [-0.1, -0.05) is 6.92 Å². The molecule has 0 spiro atoms. The van der Waals surface area contributed by atoms with Gasteiger partial charge in [-0.15, -0.1) is 11.3 Å². The molecule has 1 atom stereocenters. The van der Waals surface area contributed by atoms with E-state index in [1.54, 1.807) is 6.20 Å². The van der Waals surface area contributed by atoms with Gasteiger partial charge in [0.25, 0.3) is 0 Å². The minimum atomic E-state index is -0.172. The first-order chi connectivity index (χ1) is 8.99. The van der Waals surface area contributed by atoms with Gasteiger partial charge in [-0.2, -0.15) is 5.10 Å². The summed E-state index contributed by atoms with van der Waals surface area (Å²) in [5.41, 5.74) is 1.97. The van der Waals surface area contributed by atoms with Crippen LogP contribution in [0.25, 0.3) is 0 Å². The van der Waals surface area contributed by atoms with E-state index in [0.717, 1.165) is 15.9 Å². The molecule has 0 saturated heterocycles. The number of halogens is 1. The van der Waals surface area contributed by atoms with Gasteiger partial charge in [0.15, 0.2) is 5.13 Å². The highest BCUT2D eigenvalue weighted by Crippen LogP contribution is 2.21. The van der Waals surface area contributed by atoms with Gasteiger partial charge in [0.05, 0.1) is 22.6 Å². The largest absolute Gasteiger partial charge is 0.302 e. The van der Waals surface area contributed by atoms with E-state index < -0.39 is 0 Å². The topological polar surface area (TPSA) is 59.8 Å². The standard InChI is InChI=1S/C12H15BrN4OS/c1-7(11(18)15-12-14-4-5-19-12)6-17-9(3)10(13)8(2)16-17/h4-5,7H,6H2,1-3H3,(H,14,15,18)/t7-/m0/s1. The fourth-order valence-corrected chi connectivity index (χ4v) is 2.52. The minimum absolute atomic E-state index is 0.0429. The average Bonchev–Trinajstić information content (AvgIpc) is 2.95. The maximum atomic E-state index is 12.0.